The normalized spacial score (nSPS) is 27.6. The Hall–Kier alpha value is -0.280. The van der Waals surface area contributed by atoms with Gasteiger partial charge in [-0.2, -0.15) is 4.37 Å². The zero-order valence-electron chi connectivity index (χ0n) is 8.20. The second-order valence-electron chi connectivity index (χ2n) is 3.68. The van der Waals surface area contributed by atoms with Crippen LogP contribution in [-0.2, 0) is 0 Å². The van der Waals surface area contributed by atoms with Crippen molar-refractivity contribution in [1.82, 2.24) is 4.37 Å². The summed E-state index contributed by atoms with van der Waals surface area (Å²) in [5.74, 6) is 1.21. The summed E-state index contributed by atoms with van der Waals surface area (Å²) in [6.45, 7) is 0. The Morgan fingerprint density at radius 2 is 2.29 bits per heavy atom. The molecule has 0 bridgehead atoms. The number of ether oxygens (including phenoxy) is 1. The molecule has 78 valence electrons. The lowest BCUT2D eigenvalue weighted by atomic mass is 9.88. The van der Waals surface area contributed by atoms with Crippen LogP contribution in [0.15, 0.2) is 6.07 Å². The molecule has 0 aromatic carbocycles. The van der Waals surface area contributed by atoms with Gasteiger partial charge in [0.2, 0.25) is 5.88 Å². The van der Waals surface area contributed by atoms with E-state index in [1.165, 1.54) is 35.7 Å². The molecule has 0 aliphatic heterocycles. The van der Waals surface area contributed by atoms with Gasteiger partial charge < -0.3 is 4.74 Å². The highest BCUT2D eigenvalue weighted by molar-refractivity contribution is 7.06. The zero-order valence-corrected chi connectivity index (χ0v) is 9.77. The Bertz CT molecular complexity index is 302. The summed E-state index contributed by atoms with van der Waals surface area (Å²) in [7, 11) is 1.65. The monoisotopic (exact) mass is 231 g/mol. The third-order valence-electron chi connectivity index (χ3n) is 2.76. The predicted molar refractivity (Wildman–Crippen MR) is 59.5 cm³/mol. The fourth-order valence-corrected chi connectivity index (χ4v) is 3.33. The van der Waals surface area contributed by atoms with Crippen LogP contribution in [0.4, 0.5) is 0 Å². The van der Waals surface area contributed by atoms with Gasteiger partial charge in [0.15, 0.2) is 0 Å². The summed E-state index contributed by atoms with van der Waals surface area (Å²) in [6, 6.07) is 2.02. The Labute approximate surface area is 93.4 Å². The first-order chi connectivity index (χ1) is 6.81. The molecule has 1 heterocycles. The van der Waals surface area contributed by atoms with Crippen LogP contribution >= 0.6 is 23.1 Å². The van der Waals surface area contributed by atoms with Gasteiger partial charge in [0.1, 0.15) is 0 Å². The third-order valence-corrected chi connectivity index (χ3v) is 4.19. The van der Waals surface area contributed by atoms with E-state index in [4.69, 9.17) is 16.3 Å². The quantitative estimate of drug-likeness (QED) is 0.728. The van der Waals surface area contributed by atoms with Gasteiger partial charge >= 0.3 is 0 Å². The number of hydrogen-bond acceptors (Lipinski definition) is 3. The summed E-state index contributed by atoms with van der Waals surface area (Å²) >= 11 is 7.83. The maximum absolute atomic E-state index is 6.31. The lowest BCUT2D eigenvalue weighted by Crippen LogP contribution is -2.16. The van der Waals surface area contributed by atoms with Gasteiger partial charge in [-0.25, -0.2) is 0 Å². The number of halogens is 1. The van der Waals surface area contributed by atoms with E-state index in [1.807, 2.05) is 6.07 Å². The number of hydrogen-bond donors (Lipinski definition) is 0. The SMILES string of the molecule is COc1cc(C2CCCCC2Cl)sn1. The molecular weight excluding hydrogens is 218 g/mol. The van der Waals surface area contributed by atoms with Crippen molar-refractivity contribution in [3.05, 3.63) is 10.9 Å². The molecule has 0 saturated heterocycles. The van der Waals surface area contributed by atoms with Crippen molar-refractivity contribution >= 4 is 23.1 Å². The Balaban J connectivity index is 2.12. The van der Waals surface area contributed by atoms with E-state index in [9.17, 15) is 0 Å². The topological polar surface area (TPSA) is 22.1 Å². The summed E-state index contributed by atoms with van der Waals surface area (Å²) < 4.78 is 9.28. The van der Waals surface area contributed by atoms with Gasteiger partial charge in [0.05, 0.1) is 7.11 Å². The van der Waals surface area contributed by atoms with E-state index in [-0.39, 0.29) is 5.38 Å². The van der Waals surface area contributed by atoms with Crippen molar-refractivity contribution in [1.29, 1.82) is 0 Å². The largest absolute Gasteiger partial charge is 0.480 e. The number of methoxy groups -OCH3 is 1. The molecule has 1 aliphatic carbocycles. The Morgan fingerprint density at radius 1 is 1.50 bits per heavy atom. The molecule has 0 radical (unpaired) electrons. The lowest BCUT2D eigenvalue weighted by Gasteiger charge is -2.25. The van der Waals surface area contributed by atoms with Crippen molar-refractivity contribution in [2.75, 3.05) is 7.11 Å². The predicted octanol–water partition coefficient (Wildman–Crippen LogP) is 3.42. The first-order valence-electron chi connectivity index (χ1n) is 4.96. The average molecular weight is 232 g/mol. The van der Waals surface area contributed by atoms with E-state index in [0.29, 0.717) is 5.92 Å². The second-order valence-corrected chi connectivity index (χ2v) is 5.08. The molecule has 0 spiro atoms. The first-order valence-corrected chi connectivity index (χ1v) is 6.17. The molecule has 1 fully saturated rings. The second kappa shape index (κ2) is 4.49. The molecule has 1 saturated carbocycles. The van der Waals surface area contributed by atoms with Crippen LogP contribution in [0.2, 0.25) is 0 Å². The fraction of sp³-hybridized carbons (Fsp3) is 0.700. The van der Waals surface area contributed by atoms with Crippen LogP contribution in [0.5, 0.6) is 5.88 Å². The number of aromatic nitrogens is 1. The molecule has 1 aromatic rings. The van der Waals surface area contributed by atoms with Crippen LogP contribution in [0, 0.1) is 0 Å². The van der Waals surface area contributed by atoms with Gasteiger partial charge in [-0.3, -0.25) is 0 Å². The van der Waals surface area contributed by atoms with Crippen LogP contribution < -0.4 is 4.74 Å². The van der Waals surface area contributed by atoms with Crippen molar-refractivity contribution in [2.45, 2.75) is 37.0 Å². The van der Waals surface area contributed by atoms with Gasteiger partial charge in [0.25, 0.3) is 0 Å². The molecule has 2 unspecified atom stereocenters. The third kappa shape index (κ3) is 2.04. The highest BCUT2D eigenvalue weighted by Crippen LogP contribution is 2.39. The minimum absolute atomic E-state index is 0.286. The molecule has 1 aliphatic rings. The van der Waals surface area contributed by atoms with Gasteiger partial charge in [-0.1, -0.05) is 12.8 Å². The maximum Gasteiger partial charge on any atom is 0.225 e. The highest BCUT2D eigenvalue weighted by Gasteiger charge is 2.26. The zero-order chi connectivity index (χ0) is 9.97. The summed E-state index contributed by atoms with van der Waals surface area (Å²) in [4.78, 5) is 1.28. The molecule has 0 amide bonds. The van der Waals surface area contributed by atoms with E-state index in [1.54, 1.807) is 7.11 Å². The molecule has 1 aromatic heterocycles. The number of rotatable bonds is 2. The standard InChI is InChI=1S/C10H14ClNOS/c1-13-10-6-9(14-12-10)7-4-2-3-5-8(7)11/h6-8H,2-5H2,1H3. The lowest BCUT2D eigenvalue weighted by molar-refractivity contribution is 0.401. The van der Waals surface area contributed by atoms with Crippen LogP contribution in [-0.4, -0.2) is 16.9 Å². The van der Waals surface area contributed by atoms with E-state index in [2.05, 4.69) is 4.37 Å². The van der Waals surface area contributed by atoms with Crippen molar-refractivity contribution in [3.8, 4) is 5.88 Å². The molecule has 14 heavy (non-hydrogen) atoms. The van der Waals surface area contributed by atoms with Gasteiger partial charge in [-0.05, 0) is 24.4 Å². The van der Waals surface area contributed by atoms with E-state index in [0.717, 1.165) is 12.3 Å². The fourth-order valence-electron chi connectivity index (χ4n) is 1.95. The van der Waals surface area contributed by atoms with Crippen LogP contribution in [0.25, 0.3) is 0 Å². The maximum atomic E-state index is 6.31. The number of nitrogens with zero attached hydrogens (tertiary/aromatic N) is 1. The highest BCUT2D eigenvalue weighted by atomic mass is 35.5. The number of alkyl halides is 1. The van der Waals surface area contributed by atoms with Crippen LogP contribution in [0.3, 0.4) is 0 Å². The minimum Gasteiger partial charge on any atom is -0.480 e. The molecule has 2 atom stereocenters. The van der Waals surface area contributed by atoms with Crippen LogP contribution in [0.1, 0.15) is 36.5 Å². The first kappa shape index (κ1) is 10.2. The van der Waals surface area contributed by atoms with E-state index < -0.39 is 0 Å². The van der Waals surface area contributed by atoms with Crippen molar-refractivity contribution < 1.29 is 4.74 Å². The van der Waals surface area contributed by atoms with Gasteiger partial charge in [-0.15, -0.1) is 11.6 Å². The Morgan fingerprint density at radius 3 is 2.93 bits per heavy atom. The molecule has 2 nitrogen and oxygen atoms in total. The summed E-state index contributed by atoms with van der Waals surface area (Å²) in [6.07, 6.45) is 4.88. The average Bonchev–Trinajstić information content (AvgIpc) is 2.67. The molecule has 0 N–H and O–H groups in total. The molecule has 4 heteroatoms. The minimum atomic E-state index is 0.286. The van der Waals surface area contributed by atoms with Crippen molar-refractivity contribution in [3.63, 3.8) is 0 Å². The molecular formula is C10H14ClNOS. The van der Waals surface area contributed by atoms with E-state index >= 15 is 0 Å². The molecule has 2 rings (SSSR count). The van der Waals surface area contributed by atoms with Crippen molar-refractivity contribution in [2.24, 2.45) is 0 Å². The smallest absolute Gasteiger partial charge is 0.225 e. The van der Waals surface area contributed by atoms with Gasteiger partial charge in [0, 0.05) is 22.2 Å². The summed E-state index contributed by atoms with van der Waals surface area (Å²) in [5.41, 5.74) is 0. The summed E-state index contributed by atoms with van der Waals surface area (Å²) in [5, 5.41) is 0.286. The Kier molecular flexibility index (Phi) is 3.29.